The van der Waals surface area contributed by atoms with E-state index < -0.39 is 0 Å². The van der Waals surface area contributed by atoms with Crippen LogP contribution in [-0.2, 0) is 11.3 Å². The van der Waals surface area contributed by atoms with E-state index in [1.807, 2.05) is 25.1 Å². The van der Waals surface area contributed by atoms with Gasteiger partial charge >= 0.3 is 0 Å². The number of thioether (sulfide) groups is 1. The molecule has 128 valence electrons. The molecule has 1 aromatic heterocycles. The molecule has 2 heterocycles. The molecule has 0 spiro atoms. The first-order valence-corrected chi connectivity index (χ1v) is 9.34. The first-order valence-electron chi connectivity index (χ1n) is 7.53. The minimum atomic E-state index is 0.0474. The van der Waals surface area contributed by atoms with E-state index in [0.717, 1.165) is 17.1 Å². The summed E-state index contributed by atoms with van der Waals surface area (Å²) in [5.41, 5.74) is 6.56. The monoisotopic (exact) mass is 366 g/mol. The number of nitrogen functional groups attached to an aromatic ring is 1. The molecule has 1 aromatic carbocycles. The van der Waals surface area contributed by atoms with Gasteiger partial charge in [-0.25, -0.2) is 0 Å². The number of nitrogens with two attached hydrogens (primary N) is 1. The fourth-order valence-electron chi connectivity index (χ4n) is 2.28. The standard InChI is InChI=1S/C15H18N4O3S2/c1-2-19(13(20)9-23-15-18-17-14(16)24-15)8-10-3-4-11-12(7-10)22-6-5-21-11/h3-4,7H,2,5-6,8-9H2,1H3,(H2,16,17). The molecule has 1 amide bonds. The summed E-state index contributed by atoms with van der Waals surface area (Å²) in [5.74, 6) is 1.85. The Morgan fingerprint density at radius 2 is 2.12 bits per heavy atom. The molecule has 7 nitrogen and oxygen atoms in total. The Morgan fingerprint density at radius 1 is 1.33 bits per heavy atom. The fraction of sp³-hybridized carbons (Fsp3) is 0.400. The minimum absolute atomic E-state index is 0.0474. The predicted molar refractivity (Wildman–Crippen MR) is 93.6 cm³/mol. The highest BCUT2D eigenvalue weighted by molar-refractivity contribution is 8.01. The van der Waals surface area contributed by atoms with Crippen molar-refractivity contribution < 1.29 is 14.3 Å². The molecule has 0 saturated carbocycles. The van der Waals surface area contributed by atoms with E-state index in [1.54, 1.807) is 4.90 Å². The maximum atomic E-state index is 12.4. The van der Waals surface area contributed by atoms with Crippen molar-refractivity contribution in [3.63, 3.8) is 0 Å². The van der Waals surface area contributed by atoms with E-state index in [2.05, 4.69) is 10.2 Å². The Morgan fingerprint density at radius 3 is 2.83 bits per heavy atom. The summed E-state index contributed by atoms with van der Waals surface area (Å²) in [4.78, 5) is 14.2. The van der Waals surface area contributed by atoms with Crippen molar-refractivity contribution in [3.8, 4) is 11.5 Å². The van der Waals surface area contributed by atoms with Gasteiger partial charge < -0.3 is 20.1 Å². The van der Waals surface area contributed by atoms with Gasteiger partial charge in [-0.2, -0.15) is 0 Å². The van der Waals surface area contributed by atoms with Crippen LogP contribution in [0, 0.1) is 0 Å². The fourth-order valence-corrected chi connectivity index (χ4v) is 3.82. The predicted octanol–water partition coefficient (Wildman–Crippen LogP) is 2.03. The number of nitrogens with zero attached hydrogens (tertiary/aromatic N) is 3. The maximum absolute atomic E-state index is 12.4. The first kappa shape index (κ1) is 16.8. The zero-order chi connectivity index (χ0) is 16.9. The van der Waals surface area contributed by atoms with E-state index in [1.165, 1.54) is 23.1 Å². The average molecular weight is 366 g/mol. The van der Waals surface area contributed by atoms with Crippen LogP contribution in [0.5, 0.6) is 11.5 Å². The second-order valence-electron chi connectivity index (χ2n) is 5.08. The van der Waals surface area contributed by atoms with E-state index >= 15 is 0 Å². The lowest BCUT2D eigenvalue weighted by Gasteiger charge is -2.23. The van der Waals surface area contributed by atoms with Crippen molar-refractivity contribution in [2.24, 2.45) is 0 Å². The Balaban J connectivity index is 1.60. The largest absolute Gasteiger partial charge is 0.486 e. The number of rotatable bonds is 6. The van der Waals surface area contributed by atoms with Crippen molar-refractivity contribution in [3.05, 3.63) is 23.8 Å². The third-order valence-corrected chi connectivity index (χ3v) is 5.33. The van der Waals surface area contributed by atoms with Crippen LogP contribution in [-0.4, -0.2) is 46.5 Å². The SMILES string of the molecule is CCN(Cc1ccc2c(c1)OCCO2)C(=O)CSc1nnc(N)s1. The number of ether oxygens (including phenoxy) is 2. The van der Waals surface area contributed by atoms with Gasteiger partial charge in [0, 0.05) is 13.1 Å². The third-order valence-electron chi connectivity index (χ3n) is 3.46. The van der Waals surface area contributed by atoms with Crippen LogP contribution in [0.25, 0.3) is 0 Å². The second-order valence-corrected chi connectivity index (χ2v) is 7.31. The summed E-state index contributed by atoms with van der Waals surface area (Å²) in [5, 5.41) is 8.06. The van der Waals surface area contributed by atoms with E-state index in [9.17, 15) is 4.79 Å². The number of hydrogen-bond donors (Lipinski definition) is 1. The highest BCUT2D eigenvalue weighted by Gasteiger charge is 2.16. The van der Waals surface area contributed by atoms with Crippen molar-refractivity contribution >= 4 is 34.1 Å². The van der Waals surface area contributed by atoms with E-state index in [0.29, 0.717) is 41.5 Å². The van der Waals surface area contributed by atoms with Gasteiger partial charge in [0.2, 0.25) is 11.0 Å². The average Bonchev–Trinajstić information content (AvgIpc) is 3.02. The van der Waals surface area contributed by atoms with Gasteiger partial charge in [-0.1, -0.05) is 29.2 Å². The molecule has 0 atom stereocenters. The molecular weight excluding hydrogens is 348 g/mol. The topological polar surface area (TPSA) is 90.6 Å². The third kappa shape index (κ3) is 4.09. The molecule has 0 saturated heterocycles. The van der Waals surface area contributed by atoms with Crippen LogP contribution in [0.2, 0.25) is 0 Å². The summed E-state index contributed by atoms with van der Waals surface area (Å²) >= 11 is 2.64. The molecule has 3 rings (SSSR count). The number of hydrogen-bond acceptors (Lipinski definition) is 8. The van der Waals surface area contributed by atoms with Crippen molar-refractivity contribution in [1.82, 2.24) is 15.1 Å². The zero-order valence-corrected chi connectivity index (χ0v) is 14.9. The van der Waals surface area contributed by atoms with Crippen LogP contribution in [0.4, 0.5) is 5.13 Å². The molecule has 0 aliphatic carbocycles. The van der Waals surface area contributed by atoms with Gasteiger partial charge in [-0.05, 0) is 24.6 Å². The van der Waals surface area contributed by atoms with Crippen LogP contribution in [0.15, 0.2) is 22.5 Å². The highest BCUT2D eigenvalue weighted by Crippen LogP contribution is 2.31. The van der Waals surface area contributed by atoms with Gasteiger partial charge in [-0.15, -0.1) is 10.2 Å². The number of amides is 1. The maximum Gasteiger partial charge on any atom is 0.233 e. The summed E-state index contributed by atoms with van der Waals surface area (Å²) in [6, 6.07) is 5.78. The van der Waals surface area contributed by atoms with Crippen LogP contribution < -0.4 is 15.2 Å². The van der Waals surface area contributed by atoms with Gasteiger partial charge in [0.15, 0.2) is 15.8 Å². The Bertz CT molecular complexity index is 722. The number of benzene rings is 1. The highest BCUT2D eigenvalue weighted by atomic mass is 32.2. The summed E-state index contributed by atoms with van der Waals surface area (Å²) in [6.07, 6.45) is 0. The molecule has 0 radical (unpaired) electrons. The van der Waals surface area contributed by atoms with Gasteiger partial charge in [0.1, 0.15) is 13.2 Å². The lowest BCUT2D eigenvalue weighted by Crippen LogP contribution is -2.31. The van der Waals surface area contributed by atoms with E-state index in [-0.39, 0.29) is 5.91 Å². The lowest BCUT2D eigenvalue weighted by atomic mass is 10.2. The van der Waals surface area contributed by atoms with Crippen LogP contribution >= 0.6 is 23.1 Å². The van der Waals surface area contributed by atoms with Gasteiger partial charge in [0.05, 0.1) is 5.75 Å². The lowest BCUT2D eigenvalue weighted by molar-refractivity contribution is -0.128. The number of carbonyl (C=O) groups is 1. The van der Waals surface area contributed by atoms with Crippen molar-refractivity contribution in [2.75, 3.05) is 31.2 Å². The summed E-state index contributed by atoms with van der Waals surface area (Å²) in [6.45, 7) is 4.24. The molecule has 2 N–H and O–H groups in total. The molecule has 1 aliphatic rings. The molecule has 9 heteroatoms. The molecule has 24 heavy (non-hydrogen) atoms. The van der Waals surface area contributed by atoms with Crippen molar-refractivity contribution in [2.45, 2.75) is 17.8 Å². The summed E-state index contributed by atoms with van der Waals surface area (Å²) in [7, 11) is 0. The smallest absolute Gasteiger partial charge is 0.233 e. The molecular formula is C15H18N4O3S2. The normalized spacial score (nSPS) is 12.9. The van der Waals surface area contributed by atoms with Gasteiger partial charge in [-0.3, -0.25) is 4.79 Å². The quantitative estimate of drug-likeness (QED) is 0.782. The molecule has 1 aliphatic heterocycles. The number of aromatic nitrogens is 2. The molecule has 0 bridgehead atoms. The number of fused-ring (bicyclic) bond motifs is 1. The molecule has 0 unspecified atom stereocenters. The summed E-state index contributed by atoms with van der Waals surface area (Å²) < 4.78 is 11.8. The molecule has 0 fully saturated rings. The minimum Gasteiger partial charge on any atom is -0.486 e. The van der Waals surface area contributed by atoms with Crippen LogP contribution in [0.1, 0.15) is 12.5 Å². The second kappa shape index (κ2) is 7.71. The van der Waals surface area contributed by atoms with Crippen molar-refractivity contribution in [1.29, 1.82) is 0 Å². The zero-order valence-electron chi connectivity index (χ0n) is 13.2. The van der Waals surface area contributed by atoms with Gasteiger partial charge in [0.25, 0.3) is 0 Å². The Kier molecular flexibility index (Phi) is 5.41. The number of anilines is 1. The number of carbonyl (C=O) groups excluding carboxylic acids is 1. The Labute approximate surface area is 148 Å². The molecule has 2 aromatic rings. The van der Waals surface area contributed by atoms with E-state index in [4.69, 9.17) is 15.2 Å². The first-order chi connectivity index (χ1) is 11.7. The van der Waals surface area contributed by atoms with Crippen LogP contribution in [0.3, 0.4) is 0 Å². The Hall–Kier alpha value is -2.00.